The fourth-order valence-electron chi connectivity index (χ4n) is 3.42. The van der Waals surface area contributed by atoms with Crippen LogP contribution in [0.1, 0.15) is 5.56 Å². The third-order valence-electron chi connectivity index (χ3n) is 5.17. The van der Waals surface area contributed by atoms with E-state index < -0.39 is 17.2 Å². The van der Waals surface area contributed by atoms with E-state index in [1.165, 1.54) is 11.6 Å². The Hall–Kier alpha value is -3.89. The summed E-state index contributed by atoms with van der Waals surface area (Å²) in [6.07, 6.45) is 0. The first-order chi connectivity index (χ1) is 16.2. The summed E-state index contributed by atoms with van der Waals surface area (Å²) in [5.41, 5.74) is 5.86. The number of nitrogens with zero attached hydrogens (tertiary/aromatic N) is 2. The Bertz CT molecular complexity index is 1300. The van der Waals surface area contributed by atoms with Crippen LogP contribution in [0.4, 0.5) is 17.2 Å². The summed E-state index contributed by atoms with van der Waals surface area (Å²) in [6.45, 7) is 0.0258. The van der Waals surface area contributed by atoms with Crippen molar-refractivity contribution in [3.05, 3.63) is 86.0 Å². The number of H-pyrrole nitrogens is 1. The van der Waals surface area contributed by atoms with Gasteiger partial charge in [0.1, 0.15) is 5.82 Å². The fraction of sp³-hybridized carbons (Fsp3) is 0.217. The van der Waals surface area contributed by atoms with Crippen LogP contribution in [-0.2, 0) is 16.1 Å². The summed E-state index contributed by atoms with van der Waals surface area (Å²) in [7, 11) is 3.07. The number of halogens is 1. The number of nitrogens with two attached hydrogens (primary N) is 1. The Kier molecular flexibility index (Phi) is 7.87. The molecule has 0 aliphatic rings. The van der Waals surface area contributed by atoms with E-state index in [1.54, 1.807) is 31.3 Å². The number of quaternary nitrogens is 1. The average Bonchev–Trinajstić information content (AvgIpc) is 2.78. The van der Waals surface area contributed by atoms with E-state index >= 15 is 0 Å². The first kappa shape index (κ1) is 24.7. The molecule has 0 aliphatic heterocycles. The summed E-state index contributed by atoms with van der Waals surface area (Å²) in [5, 5.41) is 3.11. The van der Waals surface area contributed by atoms with Gasteiger partial charge in [-0.05, 0) is 17.7 Å². The molecule has 0 spiro atoms. The van der Waals surface area contributed by atoms with Crippen molar-refractivity contribution in [2.24, 2.45) is 0 Å². The molecule has 0 aliphatic carbocycles. The van der Waals surface area contributed by atoms with Gasteiger partial charge in [0.2, 0.25) is 0 Å². The number of nitrogens with one attached hydrogen (secondary N) is 3. The van der Waals surface area contributed by atoms with Crippen LogP contribution in [-0.4, -0.2) is 48.6 Å². The minimum Gasteiger partial charge on any atom is -0.383 e. The second kappa shape index (κ2) is 10.8. The first-order valence-electron chi connectivity index (χ1n) is 10.5. The molecule has 1 aromatic heterocycles. The number of carbonyl (C=O) groups is 2. The Morgan fingerprint density at radius 1 is 1.09 bits per heavy atom. The first-order valence-corrected chi connectivity index (χ1v) is 10.8. The van der Waals surface area contributed by atoms with Crippen molar-refractivity contribution in [1.82, 2.24) is 9.55 Å². The molecule has 3 rings (SSSR count). The number of aromatic nitrogens is 2. The number of aromatic amines is 1. The molecule has 2 aromatic carbocycles. The molecule has 0 saturated carbocycles. The lowest BCUT2D eigenvalue weighted by Gasteiger charge is -2.22. The summed E-state index contributed by atoms with van der Waals surface area (Å²) >= 11 is 6.05. The molecule has 178 valence electrons. The Morgan fingerprint density at radius 3 is 2.41 bits per heavy atom. The van der Waals surface area contributed by atoms with Crippen LogP contribution in [0.15, 0.2) is 64.2 Å². The predicted octanol–water partition coefficient (Wildman–Crippen LogP) is -0.0633. The smallest absolute Gasteiger partial charge is 0.330 e. The van der Waals surface area contributed by atoms with Crippen molar-refractivity contribution in [3.63, 3.8) is 0 Å². The number of carbonyl (C=O) groups excluding carboxylic acids is 2. The van der Waals surface area contributed by atoms with Crippen molar-refractivity contribution in [1.29, 1.82) is 0 Å². The van der Waals surface area contributed by atoms with Gasteiger partial charge in [0.05, 0.1) is 24.3 Å². The minimum atomic E-state index is -0.767. The lowest BCUT2D eigenvalue weighted by atomic mass is 10.2. The van der Waals surface area contributed by atoms with Gasteiger partial charge >= 0.3 is 5.69 Å². The summed E-state index contributed by atoms with van der Waals surface area (Å²) in [5.74, 6) is -0.900. The standard InChI is InChI=1S/C23H25ClN6O4/c1-28(13-18(31)26-17-11-7-6-10-16(17)24)14-19(32)29(2)20-21(25)30(23(34)27-22(20)33)12-15-8-4-3-5-9-15/h3-11H,12-14,25H2,1-2H3,(H,26,31)(H,27,33,34)/p+1. The highest BCUT2D eigenvalue weighted by Gasteiger charge is 2.24. The highest BCUT2D eigenvalue weighted by Crippen LogP contribution is 2.20. The number of para-hydroxylation sites is 1. The number of nitrogen functional groups attached to an aromatic ring is 1. The molecular formula is C23H26ClN6O4+. The van der Waals surface area contributed by atoms with Gasteiger partial charge in [0, 0.05) is 7.05 Å². The maximum Gasteiger partial charge on any atom is 0.330 e. The minimum absolute atomic E-state index is 0.00977. The molecular weight excluding hydrogens is 460 g/mol. The van der Waals surface area contributed by atoms with Crippen LogP contribution in [0.3, 0.4) is 0 Å². The van der Waals surface area contributed by atoms with E-state index in [0.717, 1.165) is 10.5 Å². The van der Waals surface area contributed by atoms with Gasteiger partial charge in [-0.3, -0.25) is 23.9 Å². The van der Waals surface area contributed by atoms with Crippen molar-refractivity contribution in [3.8, 4) is 0 Å². The third-order valence-corrected chi connectivity index (χ3v) is 5.50. The molecule has 3 aromatic rings. The summed E-state index contributed by atoms with van der Waals surface area (Å²) in [4.78, 5) is 53.9. The second-order valence-electron chi connectivity index (χ2n) is 7.86. The number of hydrogen-bond acceptors (Lipinski definition) is 5. The average molecular weight is 486 g/mol. The number of anilines is 3. The number of rotatable bonds is 8. The van der Waals surface area contributed by atoms with Crippen molar-refractivity contribution in [2.75, 3.05) is 43.1 Å². The zero-order valence-corrected chi connectivity index (χ0v) is 19.6. The zero-order chi connectivity index (χ0) is 24.8. The maximum atomic E-state index is 12.9. The summed E-state index contributed by atoms with van der Waals surface area (Å²) < 4.78 is 1.20. The topological polar surface area (TPSA) is 135 Å². The van der Waals surface area contributed by atoms with Crippen LogP contribution in [0.2, 0.25) is 5.02 Å². The van der Waals surface area contributed by atoms with E-state index in [0.29, 0.717) is 15.6 Å². The molecule has 10 nitrogen and oxygen atoms in total. The molecule has 2 amide bonds. The third kappa shape index (κ3) is 5.91. The van der Waals surface area contributed by atoms with Crippen LogP contribution in [0, 0.1) is 0 Å². The molecule has 0 radical (unpaired) electrons. The van der Waals surface area contributed by atoms with E-state index in [4.69, 9.17) is 17.3 Å². The van der Waals surface area contributed by atoms with Crippen molar-refractivity contribution >= 4 is 40.6 Å². The Labute approximate surface area is 200 Å². The predicted molar refractivity (Wildman–Crippen MR) is 131 cm³/mol. The summed E-state index contributed by atoms with van der Waals surface area (Å²) in [6, 6.07) is 15.9. The van der Waals surface area contributed by atoms with Crippen LogP contribution < -0.4 is 32.1 Å². The number of benzene rings is 2. The molecule has 1 heterocycles. The van der Waals surface area contributed by atoms with Crippen LogP contribution >= 0.6 is 11.6 Å². The molecule has 1 unspecified atom stereocenters. The fourth-order valence-corrected chi connectivity index (χ4v) is 3.60. The molecule has 0 bridgehead atoms. The van der Waals surface area contributed by atoms with Crippen LogP contribution in [0.25, 0.3) is 0 Å². The SMILES string of the molecule is CN(C(=O)C[NH+](C)CC(=O)Nc1ccccc1Cl)c1c(N)n(Cc2ccccc2)c(=O)[nH]c1=O. The molecule has 34 heavy (non-hydrogen) atoms. The molecule has 11 heteroatoms. The van der Waals surface area contributed by atoms with E-state index in [1.807, 2.05) is 30.3 Å². The normalized spacial score (nSPS) is 11.6. The van der Waals surface area contributed by atoms with Gasteiger partial charge in [-0.15, -0.1) is 0 Å². The number of likely N-dealkylation sites (N-methyl/N-ethyl adjacent to an activating group) is 2. The highest BCUT2D eigenvalue weighted by molar-refractivity contribution is 6.33. The van der Waals surface area contributed by atoms with Gasteiger partial charge in [-0.25, -0.2) is 4.79 Å². The van der Waals surface area contributed by atoms with Crippen LogP contribution in [0.5, 0.6) is 0 Å². The molecule has 1 atom stereocenters. The maximum absolute atomic E-state index is 12.9. The monoisotopic (exact) mass is 485 g/mol. The lowest BCUT2D eigenvalue weighted by Crippen LogP contribution is -3.11. The van der Waals surface area contributed by atoms with Gasteiger partial charge in [-0.1, -0.05) is 54.1 Å². The van der Waals surface area contributed by atoms with Crippen molar-refractivity contribution in [2.45, 2.75) is 6.54 Å². The van der Waals surface area contributed by atoms with E-state index in [9.17, 15) is 19.2 Å². The number of hydrogen-bond donors (Lipinski definition) is 4. The number of amides is 2. The molecule has 5 N–H and O–H groups in total. The molecule has 0 saturated heterocycles. The Morgan fingerprint density at radius 2 is 1.74 bits per heavy atom. The molecule has 0 fully saturated rings. The van der Waals surface area contributed by atoms with Gasteiger partial charge in [0.15, 0.2) is 18.8 Å². The largest absolute Gasteiger partial charge is 0.383 e. The quantitative estimate of drug-likeness (QED) is 0.354. The second-order valence-corrected chi connectivity index (χ2v) is 8.26. The van der Waals surface area contributed by atoms with Gasteiger partial charge < -0.3 is 20.9 Å². The zero-order valence-electron chi connectivity index (χ0n) is 18.8. The van der Waals surface area contributed by atoms with Gasteiger partial charge in [-0.2, -0.15) is 0 Å². The van der Waals surface area contributed by atoms with Crippen molar-refractivity contribution < 1.29 is 14.5 Å². The lowest BCUT2D eigenvalue weighted by molar-refractivity contribution is -0.862. The Balaban J connectivity index is 1.71. The van der Waals surface area contributed by atoms with E-state index in [-0.39, 0.29) is 37.0 Å². The van der Waals surface area contributed by atoms with E-state index in [2.05, 4.69) is 10.3 Å². The van der Waals surface area contributed by atoms with Gasteiger partial charge in [0.25, 0.3) is 17.4 Å². The highest BCUT2D eigenvalue weighted by atomic mass is 35.5.